The van der Waals surface area contributed by atoms with E-state index in [2.05, 4.69) is 19.2 Å². The Hall–Kier alpha value is -0.570. The third kappa shape index (κ3) is 1.97. The quantitative estimate of drug-likeness (QED) is 0.654. The minimum atomic E-state index is -0.701. The SMILES string of the molecule is CC(C)[C@H]1CCCN[C@@H]1C(=O)O. The highest BCUT2D eigenvalue weighted by atomic mass is 16.4. The van der Waals surface area contributed by atoms with Crippen LogP contribution in [0.15, 0.2) is 0 Å². The van der Waals surface area contributed by atoms with Crippen LogP contribution in [0.2, 0.25) is 0 Å². The van der Waals surface area contributed by atoms with Crippen molar-refractivity contribution in [1.82, 2.24) is 5.32 Å². The molecule has 12 heavy (non-hydrogen) atoms. The molecule has 0 unspecified atom stereocenters. The Morgan fingerprint density at radius 3 is 2.67 bits per heavy atom. The molecule has 1 heterocycles. The first-order valence-electron chi connectivity index (χ1n) is 4.59. The number of carbonyl (C=O) groups is 1. The molecule has 0 aromatic rings. The number of piperidine rings is 1. The molecule has 1 aliphatic heterocycles. The maximum atomic E-state index is 10.8. The number of hydrogen-bond donors (Lipinski definition) is 2. The summed E-state index contributed by atoms with van der Waals surface area (Å²) in [5.74, 6) is 0.0588. The monoisotopic (exact) mass is 171 g/mol. The van der Waals surface area contributed by atoms with Gasteiger partial charge in [0.2, 0.25) is 0 Å². The number of carboxylic acids is 1. The minimum absolute atomic E-state index is 0.302. The topological polar surface area (TPSA) is 49.3 Å². The fourth-order valence-electron chi connectivity index (χ4n) is 1.90. The highest BCUT2D eigenvalue weighted by Crippen LogP contribution is 2.24. The molecule has 70 valence electrons. The lowest BCUT2D eigenvalue weighted by Crippen LogP contribution is -2.48. The van der Waals surface area contributed by atoms with E-state index in [-0.39, 0.29) is 6.04 Å². The summed E-state index contributed by atoms with van der Waals surface area (Å²) in [6, 6.07) is -0.321. The van der Waals surface area contributed by atoms with Gasteiger partial charge in [-0.05, 0) is 31.2 Å². The summed E-state index contributed by atoms with van der Waals surface area (Å²) in [7, 11) is 0. The van der Waals surface area contributed by atoms with Crippen LogP contribution in [-0.2, 0) is 4.79 Å². The molecule has 3 nitrogen and oxygen atoms in total. The van der Waals surface area contributed by atoms with Crippen LogP contribution in [-0.4, -0.2) is 23.7 Å². The van der Waals surface area contributed by atoms with Crippen molar-refractivity contribution in [2.75, 3.05) is 6.54 Å². The predicted octanol–water partition coefficient (Wildman–Crippen LogP) is 1.10. The van der Waals surface area contributed by atoms with E-state index in [4.69, 9.17) is 5.11 Å². The molecular formula is C9H17NO2. The summed E-state index contributed by atoms with van der Waals surface area (Å²) in [6.45, 7) is 5.03. The van der Waals surface area contributed by atoms with Crippen LogP contribution in [0.5, 0.6) is 0 Å². The van der Waals surface area contributed by atoms with Crippen molar-refractivity contribution in [2.24, 2.45) is 11.8 Å². The van der Waals surface area contributed by atoms with Gasteiger partial charge >= 0.3 is 5.97 Å². The van der Waals surface area contributed by atoms with Crippen molar-refractivity contribution < 1.29 is 9.90 Å². The van der Waals surface area contributed by atoms with Gasteiger partial charge in [0.1, 0.15) is 6.04 Å². The highest BCUT2D eigenvalue weighted by Gasteiger charge is 2.32. The molecule has 2 N–H and O–H groups in total. The standard InChI is InChI=1S/C9H17NO2/c1-6(2)7-4-3-5-10-8(7)9(11)12/h6-8,10H,3-5H2,1-2H3,(H,11,12)/t7-,8+/m1/s1. The van der Waals surface area contributed by atoms with E-state index >= 15 is 0 Å². The van der Waals surface area contributed by atoms with Gasteiger partial charge in [-0.15, -0.1) is 0 Å². The molecule has 0 bridgehead atoms. The molecule has 0 radical (unpaired) electrons. The van der Waals surface area contributed by atoms with E-state index in [1.165, 1.54) is 0 Å². The number of aliphatic carboxylic acids is 1. The van der Waals surface area contributed by atoms with E-state index in [1.54, 1.807) is 0 Å². The molecule has 1 saturated heterocycles. The van der Waals surface area contributed by atoms with Crippen molar-refractivity contribution in [3.63, 3.8) is 0 Å². The second-order valence-electron chi connectivity index (χ2n) is 3.82. The first-order chi connectivity index (χ1) is 5.63. The summed E-state index contributed by atoms with van der Waals surface area (Å²) in [5.41, 5.74) is 0. The average molecular weight is 171 g/mol. The first kappa shape index (κ1) is 9.52. The fourth-order valence-corrected chi connectivity index (χ4v) is 1.90. The fraction of sp³-hybridized carbons (Fsp3) is 0.889. The zero-order valence-electron chi connectivity index (χ0n) is 7.71. The van der Waals surface area contributed by atoms with Gasteiger partial charge in [-0.25, -0.2) is 0 Å². The Morgan fingerprint density at radius 2 is 2.25 bits per heavy atom. The number of hydrogen-bond acceptors (Lipinski definition) is 2. The first-order valence-corrected chi connectivity index (χ1v) is 4.59. The third-order valence-electron chi connectivity index (χ3n) is 2.63. The van der Waals surface area contributed by atoms with Gasteiger partial charge in [-0.2, -0.15) is 0 Å². The molecule has 1 aliphatic rings. The molecule has 0 spiro atoms. The van der Waals surface area contributed by atoms with E-state index in [9.17, 15) is 4.79 Å². The minimum Gasteiger partial charge on any atom is -0.480 e. The van der Waals surface area contributed by atoms with Gasteiger partial charge in [-0.3, -0.25) is 4.79 Å². The van der Waals surface area contributed by atoms with Crippen molar-refractivity contribution in [1.29, 1.82) is 0 Å². The van der Waals surface area contributed by atoms with Crippen LogP contribution >= 0.6 is 0 Å². The second kappa shape index (κ2) is 3.90. The highest BCUT2D eigenvalue weighted by molar-refractivity contribution is 5.74. The lowest BCUT2D eigenvalue weighted by atomic mass is 9.82. The molecule has 0 aromatic carbocycles. The van der Waals surface area contributed by atoms with Gasteiger partial charge in [0.05, 0.1) is 0 Å². The lowest BCUT2D eigenvalue weighted by Gasteiger charge is -2.32. The largest absolute Gasteiger partial charge is 0.480 e. The summed E-state index contributed by atoms with van der Waals surface area (Å²) < 4.78 is 0. The van der Waals surface area contributed by atoms with Gasteiger partial charge in [0, 0.05) is 0 Å². The predicted molar refractivity (Wildman–Crippen MR) is 47.0 cm³/mol. The molecular weight excluding hydrogens is 154 g/mol. The maximum absolute atomic E-state index is 10.8. The molecule has 0 saturated carbocycles. The third-order valence-corrected chi connectivity index (χ3v) is 2.63. The Kier molecular flexibility index (Phi) is 3.09. The zero-order chi connectivity index (χ0) is 9.14. The van der Waals surface area contributed by atoms with Crippen LogP contribution < -0.4 is 5.32 Å². The van der Waals surface area contributed by atoms with Crippen LogP contribution in [0.4, 0.5) is 0 Å². The van der Waals surface area contributed by atoms with Crippen molar-refractivity contribution in [2.45, 2.75) is 32.7 Å². The van der Waals surface area contributed by atoms with Crippen LogP contribution in [0.25, 0.3) is 0 Å². The van der Waals surface area contributed by atoms with Gasteiger partial charge < -0.3 is 10.4 Å². The molecule has 0 aromatic heterocycles. The van der Waals surface area contributed by atoms with Crippen molar-refractivity contribution >= 4 is 5.97 Å². The van der Waals surface area contributed by atoms with Gasteiger partial charge in [0.25, 0.3) is 0 Å². The van der Waals surface area contributed by atoms with Crippen LogP contribution in [0.1, 0.15) is 26.7 Å². The van der Waals surface area contributed by atoms with E-state index in [0.29, 0.717) is 11.8 Å². The Labute approximate surface area is 73.2 Å². The smallest absolute Gasteiger partial charge is 0.320 e. The van der Waals surface area contributed by atoms with Crippen LogP contribution in [0, 0.1) is 11.8 Å². The molecule has 1 rings (SSSR count). The number of nitrogens with one attached hydrogen (secondary N) is 1. The average Bonchev–Trinajstić information content (AvgIpc) is 2.04. The number of carboxylic acid groups (broad SMARTS) is 1. The molecule has 2 atom stereocenters. The summed E-state index contributed by atoms with van der Waals surface area (Å²) in [4.78, 5) is 10.8. The number of rotatable bonds is 2. The van der Waals surface area contributed by atoms with Crippen molar-refractivity contribution in [3.05, 3.63) is 0 Å². The normalized spacial score (nSPS) is 30.6. The van der Waals surface area contributed by atoms with Crippen LogP contribution in [0.3, 0.4) is 0 Å². The second-order valence-corrected chi connectivity index (χ2v) is 3.82. The van der Waals surface area contributed by atoms with E-state index in [0.717, 1.165) is 19.4 Å². The molecule has 0 amide bonds. The van der Waals surface area contributed by atoms with E-state index in [1.807, 2.05) is 0 Å². The van der Waals surface area contributed by atoms with Gasteiger partial charge in [0.15, 0.2) is 0 Å². The maximum Gasteiger partial charge on any atom is 0.320 e. The summed E-state index contributed by atoms with van der Waals surface area (Å²) >= 11 is 0. The van der Waals surface area contributed by atoms with Gasteiger partial charge in [-0.1, -0.05) is 13.8 Å². The van der Waals surface area contributed by atoms with Crippen molar-refractivity contribution in [3.8, 4) is 0 Å². The molecule has 1 fully saturated rings. The van der Waals surface area contributed by atoms with E-state index < -0.39 is 5.97 Å². The summed E-state index contributed by atoms with van der Waals surface area (Å²) in [5, 5.41) is 11.9. The zero-order valence-corrected chi connectivity index (χ0v) is 7.71. The summed E-state index contributed by atoms with van der Waals surface area (Å²) in [6.07, 6.45) is 2.15. The molecule has 0 aliphatic carbocycles. The Morgan fingerprint density at radius 1 is 1.58 bits per heavy atom. The molecule has 3 heteroatoms. The Balaban J connectivity index is 2.60. The lowest BCUT2D eigenvalue weighted by molar-refractivity contribution is -0.142. The Bertz CT molecular complexity index is 168.